The molecule has 9 heteroatoms. The van der Waals surface area contributed by atoms with Crippen molar-refractivity contribution in [2.75, 3.05) is 47.5 Å². The quantitative estimate of drug-likeness (QED) is 0.0211. The van der Waals surface area contributed by atoms with Crippen LogP contribution in [0.4, 0.5) is 0 Å². The molecule has 428 valence electrons. The minimum absolute atomic E-state index is 0.178. The van der Waals surface area contributed by atoms with Gasteiger partial charge in [0.05, 0.1) is 34.4 Å². The third kappa shape index (κ3) is 57.5. The number of unbranched alkanes of at least 4 members (excludes halogenated alkanes) is 21. The molecule has 0 saturated heterocycles. The Bertz CT molecular complexity index is 1590. The van der Waals surface area contributed by atoms with Crippen molar-refractivity contribution < 1.29 is 42.9 Å². The monoisotopic (exact) mass is 1050 g/mol. The minimum Gasteiger partial charge on any atom is -0.477 e. The Labute approximate surface area is 460 Å². The topological polar surface area (TPSA) is 108 Å². The average molecular weight is 1050 g/mol. The fourth-order valence-corrected chi connectivity index (χ4v) is 7.91. The van der Waals surface area contributed by atoms with E-state index < -0.39 is 24.3 Å². The van der Waals surface area contributed by atoms with E-state index in [1.165, 1.54) is 89.9 Å². The molecule has 0 rings (SSSR count). The van der Waals surface area contributed by atoms with Gasteiger partial charge in [-0.05, 0) is 103 Å². The summed E-state index contributed by atoms with van der Waals surface area (Å²) in [7, 11) is 5.96. The van der Waals surface area contributed by atoms with E-state index >= 15 is 0 Å². The molecule has 0 aliphatic heterocycles. The highest BCUT2D eigenvalue weighted by atomic mass is 16.7. The summed E-state index contributed by atoms with van der Waals surface area (Å²) in [6, 6.07) is 0. The van der Waals surface area contributed by atoms with E-state index in [0.29, 0.717) is 17.4 Å². The van der Waals surface area contributed by atoms with Gasteiger partial charge in [-0.3, -0.25) is 9.59 Å². The molecule has 0 bridgehead atoms. The number of aliphatic carboxylic acids is 1. The van der Waals surface area contributed by atoms with Gasteiger partial charge in [0.25, 0.3) is 6.29 Å². The molecular formula is C66H112NO8+. The van der Waals surface area contributed by atoms with E-state index in [-0.39, 0.29) is 38.6 Å². The molecule has 0 amide bonds. The van der Waals surface area contributed by atoms with Crippen molar-refractivity contribution >= 4 is 17.9 Å². The van der Waals surface area contributed by atoms with Gasteiger partial charge in [-0.25, -0.2) is 4.79 Å². The number of carboxylic acids is 1. The van der Waals surface area contributed by atoms with E-state index in [1.807, 2.05) is 21.1 Å². The van der Waals surface area contributed by atoms with Gasteiger partial charge in [0, 0.05) is 12.8 Å². The summed E-state index contributed by atoms with van der Waals surface area (Å²) in [4.78, 5) is 37.5. The van der Waals surface area contributed by atoms with Crippen LogP contribution in [-0.4, -0.2) is 87.4 Å². The molecule has 1 N–H and O–H groups in total. The van der Waals surface area contributed by atoms with Gasteiger partial charge in [-0.1, -0.05) is 226 Å². The maximum atomic E-state index is 12.9. The second-order valence-corrected chi connectivity index (χ2v) is 20.9. The molecule has 0 heterocycles. The highest BCUT2D eigenvalue weighted by Gasteiger charge is 2.25. The molecule has 75 heavy (non-hydrogen) atoms. The predicted molar refractivity (Wildman–Crippen MR) is 318 cm³/mol. The standard InChI is InChI=1S/C66H111NO8/c1-6-8-10-12-14-16-18-20-22-24-26-28-30-32-34-36-38-40-42-44-46-48-50-52-54-56-63(68)73-60-62(61-74-66(65(70)71)72-59-58-67(3,4)5)75-64(69)57-55-53-51-49-47-45-43-41-39-37-35-33-31-29-27-25-23-21-19-17-15-13-11-9-7-2/h9,11,15,17-18,20-21,23-24,26-27,29-30,32-33,35,39,41,62,66H,6-8,10,12-14,16,19,22,25,28,31,34,36-38,40,42-61H2,1-5H3/p+1/b11-9-,17-15-,20-18-,23-21-,26-24-,29-27-,32-30-,35-33-,41-39-. The summed E-state index contributed by atoms with van der Waals surface area (Å²) in [5.74, 6) is -2.04. The fraction of sp³-hybridized carbons (Fsp3) is 0.682. The van der Waals surface area contributed by atoms with E-state index in [4.69, 9.17) is 18.9 Å². The highest BCUT2D eigenvalue weighted by Crippen LogP contribution is 2.15. The van der Waals surface area contributed by atoms with E-state index in [0.717, 1.165) is 109 Å². The smallest absolute Gasteiger partial charge is 0.361 e. The lowest BCUT2D eigenvalue weighted by Gasteiger charge is -2.25. The number of nitrogens with zero attached hydrogens (tertiary/aromatic N) is 1. The zero-order chi connectivity index (χ0) is 54.8. The van der Waals surface area contributed by atoms with Gasteiger partial charge in [0.1, 0.15) is 13.2 Å². The molecule has 0 aromatic heterocycles. The lowest BCUT2D eigenvalue weighted by Crippen LogP contribution is -2.40. The summed E-state index contributed by atoms with van der Waals surface area (Å²) in [5.41, 5.74) is 0. The minimum atomic E-state index is -1.52. The molecule has 0 aliphatic rings. The van der Waals surface area contributed by atoms with E-state index in [2.05, 4.69) is 123 Å². The fourth-order valence-electron chi connectivity index (χ4n) is 7.91. The molecule has 0 aliphatic carbocycles. The Kier molecular flexibility index (Phi) is 53.1. The third-order valence-corrected chi connectivity index (χ3v) is 12.5. The van der Waals surface area contributed by atoms with Gasteiger partial charge in [0.2, 0.25) is 0 Å². The van der Waals surface area contributed by atoms with Crippen LogP contribution < -0.4 is 0 Å². The number of allylic oxidation sites excluding steroid dienone is 18. The molecule has 9 nitrogen and oxygen atoms in total. The van der Waals surface area contributed by atoms with Crippen LogP contribution in [-0.2, 0) is 33.3 Å². The average Bonchev–Trinajstić information content (AvgIpc) is 3.38. The number of carbonyl (C=O) groups is 3. The summed E-state index contributed by atoms with van der Waals surface area (Å²) < 4.78 is 22.9. The summed E-state index contributed by atoms with van der Waals surface area (Å²) in [6.07, 6.45) is 74.4. The molecule has 0 fully saturated rings. The molecule has 0 aromatic carbocycles. The first-order chi connectivity index (χ1) is 36.6. The Morgan fingerprint density at radius 1 is 0.413 bits per heavy atom. The number of likely N-dealkylation sites (N-methyl/N-ethyl adjacent to an activating group) is 1. The zero-order valence-electron chi connectivity index (χ0n) is 48.7. The molecule has 2 atom stereocenters. The maximum Gasteiger partial charge on any atom is 0.361 e. The highest BCUT2D eigenvalue weighted by molar-refractivity contribution is 5.71. The number of hydrogen-bond acceptors (Lipinski definition) is 7. The lowest BCUT2D eigenvalue weighted by atomic mass is 10.1. The van der Waals surface area contributed by atoms with Gasteiger partial charge >= 0.3 is 17.9 Å². The number of carboxylic acid groups (broad SMARTS) is 1. The number of carbonyl (C=O) groups excluding carboxylic acids is 2. The maximum absolute atomic E-state index is 12.9. The lowest BCUT2D eigenvalue weighted by molar-refractivity contribution is -0.870. The predicted octanol–water partition coefficient (Wildman–Crippen LogP) is 17.9. The van der Waals surface area contributed by atoms with Crippen molar-refractivity contribution in [3.63, 3.8) is 0 Å². The van der Waals surface area contributed by atoms with Crippen LogP contribution in [0.5, 0.6) is 0 Å². The van der Waals surface area contributed by atoms with Crippen molar-refractivity contribution in [3.8, 4) is 0 Å². The van der Waals surface area contributed by atoms with Crippen LogP contribution in [0.25, 0.3) is 0 Å². The van der Waals surface area contributed by atoms with Crippen LogP contribution in [0.1, 0.15) is 232 Å². The van der Waals surface area contributed by atoms with Crippen molar-refractivity contribution in [2.24, 2.45) is 0 Å². The van der Waals surface area contributed by atoms with Crippen LogP contribution in [0.15, 0.2) is 109 Å². The number of esters is 2. The first kappa shape index (κ1) is 71.0. The van der Waals surface area contributed by atoms with Crippen molar-refractivity contribution in [1.82, 2.24) is 0 Å². The third-order valence-electron chi connectivity index (χ3n) is 12.5. The molecular weight excluding hydrogens is 935 g/mol. The van der Waals surface area contributed by atoms with Gasteiger partial charge in [0.15, 0.2) is 6.10 Å². The van der Waals surface area contributed by atoms with E-state index in [9.17, 15) is 19.5 Å². The second-order valence-electron chi connectivity index (χ2n) is 20.9. The molecule has 2 unspecified atom stereocenters. The molecule has 0 radical (unpaired) electrons. The zero-order valence-corrected chi connectivity index (χ0v) is 48.7. The SMILES string of the molecule is CC/C=C\C/C=C\C/C=C\C/C=C\C/C=C\C/C=C\CCCCCCCCC(=O)OC(COC(=O)CCCCCCCCCCCC/C=C\C/C=C\C/C=C\CCCCCCC)COC(OCC[N+](C)(C)C)C(=O)O. The van der Waals surface area contributed by atoms with Gasteiger partial charge < -0.3 is 28.5 Å². The van der Waals surface area contributed by atoms with Crippen molar-refractivity contribution in [1.29, 1.82) is 0 Å². The first-order valence-electron chi connectivity index (χ1n) is 30.1. The van der Waals surface area contributed by atoms with Gasteiger partial charge in [-0.2, -0.15) is 0 Å². The Morgan fingerprint density at radius 2 is 0.760 bits per heavy atom. The first-order valence-corrected chi connectivity index (χ1v) is 30.1. The summed E-state index contributed by atoms with van der Waals surface area (Å²) >= 11 is 0. The van der Waals surface area contributed by atoms with E-state index in [1.54, 1.807) is 0 Å². The van der Waals surface area contributed by atoms with Crippen molar-refractivity contribution in [2.45, 2.75) is 245 Å². The molecule has 0 spiro atoms. The molecule has 0 saturated carbocycles. The number of rotatable bonds is 54. The Morgan fingerprint density at radius 3 is 1.13 bits per heavy atom. The van der Waals surface area contributed by atoms with Crippen molar-refractivity contribution in [3.05, 3.63) is 109 Å². The Hall–Kier alpha value is -4.05. The summed E-state index contributed by atoms with van der Waals surface area (Å²) in [6.45, 7) is 4.72. The van der Waals surface area contributed by atoms with Crippen LogP contribution in [0.3, 0.4) is 0 Å². The van der Waals surface area contributed by atoms with Crippen LogP contribution >= 0.6 is 0 Å². The van der Waals surface area contributed by atoms with Crippen LogP contribution in [0.2, 0.25) is 0 Å². The largest absolute Gasteiger partial charge is 0.477 e. The normalized spacial score (nSPS) is 13.6. The number of hydrogen-bond donors (Lipinski definition) is 1. The van der Waals surface area contributed by atoms with Crippen LogP contribution in [0, 0.1) is 0 Å². The number of quaternary nitrogens is 1. The molecule has 0 aromatic rings. The second kappa shape index (κ2) is 56.2. The Balaban J connectivity index is 4.31. The van der Waals surface area contributed by atoms with Gasteiger partial charge in [-0.15, -0.1) is 0 Å². The number of ether oxygens (including phenoxy) is 4. The summed E-state index contributed by atoms with van der Waals surface area (Å²) in [5, 5.41) is 9.71.